The smallest absolute Gasteiger partial charge is 0.274 e. The number of halogens is 1. The third-order valence-corrected chi connectivity index (χ3v) is 7.67. The average molecular weight is 583 g/mol. The average Bonchev–Trinajstić information content (AvgIpc) is 3.71. The Morgan fingerprint density at radius 3 is 2.81 bits per heavy atom. The lowest BCUT2D eigenvalue weighted by atomic mass is 10.2. The van der Waals surface area contributed by atoms with Crippen LogP contribution in [-0.4, -0.2) is 40.3 Å². The van der Waals surface area contributed by atoms with Crippen LogP contribution < -0.4 is 15.6 Å². The molecule has 0 saturated heterocycles. The molecule has 1 N–H and O–H groups in total. The summed E-state index contributed by atoms with van der Waals surface area (Å²) in [6.45, 7) is 1.35. The van der Waals surface area contributed by atoms with Gasteiger partial charge in [-0.2, -0.15) is 10.1 Å². The molecule has 0 amide bonds. The van der Waals surface area contributed by atoms with Gasteiger partial charge in [-0.25, -0.2) is 9.50 Å². The van der Waals surface area contributed by atoms with Crippen molar-refractivity contribution < 1.29 is 9.47 Å². The van der Waals surface area contributed by atoms with Gasteiger partial charge >= 0.3 is 0 Å². The summed E-state index contributed by atoms with van der Waals surface area (Å²) in [7, 11) is 1.81. The van der Waals surface area contributed by atoms with Crippen LogP contribution in [0.2, 0.25) is 5.02 Å². The van der Waals surface area contributed by atoms with Crippen LogP contribution in [0.1, 0.15) is 29.9 Å². The quantitative estimate of drug-likeness (QED) is 0.212. The lowest BCUT2D eigenvalue weighted by Gasteiger charge is -2.13. The van der Waals surface area contributed by atoms with Crippen molar-refractivity contribution in [1.29, 1.82) is 0 Å². The van der Waals surface area contributed by atoms with Crippen LogP contribution >= 0.6 is 11.6 Å². The number of hydrogen-bond acceptors (Lipinski definition) is 8. The van der Waals surface area contributed by atoms with Gasteiger partial charge in [0.1, 0.15) is 21.7 Å². The van der Waals surface area contributed by atoms with E-state index in [0.29, 0.717) is 70.5 Å². The van der Waals surface area contributed by atoms with Crippen LogP contribution in [0.25, 0.3) is 16.7 Å². The van der Waals surface area contributed by atoms with E-state index in [9.17, 15) is 4.79 Å². The van der Waals surface area contributed by atoms with Crippen molar-refractivity contribution in [3.8, 4) is 11.5 Å². The summed E-state index contributed by atoms with van der Waals surface area (Å²) in [5.41, 5.74) is 4.18. The van der Waals surface area contributed by atoms with Gasteiger partial charge in [0.25, 0.3) is 5.56 Å². The van der Waals surface area contributed by atoms with Crippen LogP contribution in [0.15, 0.2) is 78.4 Å². The Hall–Kier alpha value is -4.74. The highest BCUT2D eigenvalue weighted by molar-refractivity contribution is 6.36. The van der Waals surface area contributed by atoms with Gasteiger partial charge < -0.3 is 23.9 Å². The number of benzene rings is 1. The first-order chi connectivity index (χ1) is 20.5. The minimum atomic E-state index is -0.153. The summed E-state index contributed by atoms with van der Waals surface area (Å²) in [4.78, 5) is 26.7. The molecule has 6 aromatic rings. The molecule has 1 aliphatic carbocycles. The van der Waals surface area contributed by atoms with Gasteiger partial charge in [0.2, 0.25) is 5.95 Å². The predicted molar refractivity (Wildman–Crippen MR) is 159 cm³/mol. The number of aryl methyl sites for hydroxylation is 1. The number of aromatic nitrogens is 7. The Bertz CT molecular complexity index is 1960. The zero-order chi connectivity index (χ0) is 28.6. The summed E-state index contributed by atoms with van der Waals surface area (Å²) in [6, 6.07) is 11.9. The lowest BCUT2D eigenvalue weighted by Crippen LogP contribution is -2.25. The molecule has 11 nitrogen and oxygen atoms in total. The Morgan fingerprint density at radius 1 is 1.12 bits per heavy atom. The fourth-order valence-corrected chi connectivity index (χ4v) is 5.21. The molecule has 0 aliphatic heterocycles. The molecule has 5 aromatic heterocycles. The van der Waals surface area contributed by atoms with Gasteiger partial charge in [0.15, 0.2) is 17.1 Å². The number of rotatable bonds is 10. The van der Waals surface area contributed by atoms with Crippen LogP contribution in [0, 0.1) is 0 Å². The summed E-state index contributed by atoms with van der Waals surface area (Å²) in [6.07, 6.45) is 12.3. The standard InChI is InChI=1S/C30H27ClN8O3/c1-37-27-26(31)25(42-24-16-34-39-10-9-32-14-23(24)39)15-33-28(27)36-30(37)35-22-13-21(20-7-8-20)17-38(29(22)40)11-12-41-18-19-5-3-2-4-6-19/h2-6,9-10,13-17,20H,7-8,11-12,18H2,1H3,(H,33,35,36). The molecule has 1 aromatic carbocycles. The second kappa shape index (κ2) is 10.9. The van der Waals surface area contributed by atoms with E-state index < -0.39 is 0 Å². The molecule has 5 heterocycles. The number of anilines is 2. The van der Waals surface area contributed by atoms with Crippen molar-refractivity contribution in [2.75, 3.05) is 11.9 Å². The molecule has 0 unspecified atom stereocenters. The van der Waals surface area contributed by atoms with Gasteiger partial charge in [0, 0.05) is 32.2 Å². The largest absolute Gasteiger partial charge is 0.450 e. The normalized spacial score (nSPS) is 13.2. The van der Waals surface area contributed by atoms with E-state index in [1.54, 1.807) is 38.4 Å². The number of fused-ring (bicyclic) bond motifs is 2. The van der Waals surface area contributed by atoms with Crippen LogP contribution in [0.5, 0.6) is 11.5 Å². The third-order valence-electron chi connectivity index (χ3n) is 7.30. The molecule has 1 fully saturated rings. The predicted octanol–water partition coefficient (Wildman–Crippen LogP) is 5.46. The number of nitrogens with one attached hydrogen (secondary N) is 1. The van der Waals surface area contributed by atoms with Gasteiger partial charge in [-0.15, -0.1) is 0 Å². The Labute approximate surface area is 245 Å². The molecule has 42 heavy (non-hydrogen) atoms. The SMILES string of the molecule is Cn1c(Nc2cc(C3CC3)cn(CCOCc3ccccc3)c2=O)nc2ncc(Oc3cnn4ccncc34)c(Cl)c21. The molecule has 0 radical (unpaired) electrons. The Balaban J connectivity index is 1.14. The van der Waals surface area contributed by atoms with Gasteiger partial charge in [-0.05, 0) is 36.0 Å². The van der Waals surface area contributed by atoms with Crippen LogP contribution in [-0.2, 0) is 24.9 Å². The van der Waals surface area contributed by atoms with Gasteiger partial charge in [-0.3, -0.25) is 9.78 Å². The number of hydrogen-bond donors (Lipinski definition) is 1. The summed E-state index contributed by atoms with van der Waals surface area (Å²) < 4.78 is 17.1. The third kappa shape index (κ3) is 5.08. The van der Waals surface area contributed by atoms with E-state index in [1.165, 1.54) is 6.20 Å². The summed E-state index contributed by atoms with van der Waals surface area (Å²) in [5, 5.41) is 7.85. The highest BCUT2D eigenvalue weighted by Crippen LogP contribution is 2.41. The molecule has 1 saturated carbocycles. The molecule has 0 spiro atoms. The van der Waals surface area contributed by atoms with E-state index >= 15 is 0 Å². The maximum Gasteiger partial charge on any atom is 0.274 e. The van der Waals surface area contributed by atoms with E-state index in [0.717, 1.165) is 24.0 Å². The second-order valence-electron chi connectivity index (χ2n) is 10.2. The summed E-state index contributed by atoms with van der Waals surface area (Å²) in [5.74, 6) is 1.74. The maximum absolute atomic E-state index is 13.5. The lowest BCUT2D eigenvalue weighted by molar-refractivity contribution is 0.112. The second-order valence-corrected chi connectivity index (χ2v) is 10.6. The molecular weight excluding hydrogens is 556 g/mol. The first-order valence-corrected chi connectivity index (χ1v) is 14.0. The zero-order valence-corrected chi connectivity index (χ0v) is 23.5. The highest BCUT2D eigenvalue weighted by Gasteiger charge is 2.26. The molecule has 12 heteroatoms. The van der Waals surface area contributed by atoms with Gasteiger partial charge in [0.05, 0.1) is 31.8 Å². The van der Waals surface area contributed by atoms with Gasteiger partial charge in [-0.1, -0.05) is 41.9 Å². The van der Waals surface area contributed by atoms with E-state index in [4.69, 9.17) is 21.1 Å². The minimum absolute atomic E-state index is 0.153. The number of nitrogens with zero attached hydrogens (tertiary/aromatic N) is 7. The molecule has 7 rings (SSSR count). The molecular formula is C30H27ClN8O3. The molecule has 1 aliphatic rings. The summed E-state index contributed by atoms with van der Waals surface area (Å²) >= 11 is 6.80. The topological polar surface area (TPSA) is 113 Å². The first-order valence-electron chi connectivity index (χ1n) is 13.6. The van der Waals surface area contributed by atoms with E-state index in [1.807, 2.05) is 49.6 Å². The van der Waals surface area contributed by atoms with Crippen molar-refractivity contribution >= 4 is 39.9 Å². The number of imidazole rings is 1. The van der Waals surface area contributed by atoms with E-state index in [-0.39, 0.29) is 5.56 Å². The van der Waals surface area contributed by atoms with Crippen LogP contribution in [0.4, 0.5) is 11.6 Å². The van der Waals surface area contributed by atoms with Crippen LogP contribution in [0.3, 0.4) is 0 Å². The zero-order valence-electron chi connectivity index (χ0n) is 22.8. The molecule has 0 bridgehead atoms. The molecule has 212 valence electrons. The van der Waals surface area contributed by atoms with Crippen molar-refractivity contribution in [1.82, 2.24) is 33.7 Å². The van der Waals surface area contributed by atoms with Crippen molar-refractivity contribution in [3.05, 3.63) is 100 Å². The maximum atomic E-state index is 13.5. The molecule has 0 atom stereocenters. The Morgan fingerprint density at radius 2 is 1.98 bits per heavy atom. The van der Waals surface area contributed by atoms with E-state index in [2.05, 4.69) is 25.4 Å². The highest BCUT2D eigenvalue weighted by atomic mass is 35.5. The number of pyridine rings is 2. The monoisotopic (exact) mass is 582 g/mol. The van der Waals surface area contributed by atoms with Crippen molar-refractivity contribution in [2.45, 2.75) is 31.9 Å². The fourth-order valence-electron chi connectivity index (χ4n) is 4.91. The first kappa shape index (κ1) is 26.2. The number of ether oxygens (including phenoxy) is 2. The fraction of sp³-hybridized carbons (Fsp3) is 0.233. The van der Waals surface area contributed by atoms with Crippen molar-refractivity contribution in [3.63, 3.8) is 0 Å². The Kier molecular flexibility index (Phi) is 6.80. The minimum Gasteiger partial charge on any atom is -0.450 e. The van der Waals surface area contributed by atoms with Crippen molar-refractivity contribution in [2.24, 2.45) is 7.05 Å².